The molecular formula is C7H15I. The molecule has 0 saturated heterocycles. The summed E-state index contributed by atoms with van der Waals surface area (Å²) in [6, 6.07) is 0. The van der Waals surface area contributed by atoms with Crippen molar-refractivity contribution in [1.82, 2.24) is 0 Å². The molecule has 50 valence electrons. The summed E-state index contributed by atoms with van der Waals surface area (Å²) in [5.41, 5.74) is 0. The molecule has 0 N–H and O–H groups in total. The van der Waals surface area contributed by atoms with Gasteiger partial charge in [0, 0.05) is 3.92 Å². The molecule has 0 fully saturated rings. The topological polar surface area (TPSA) is 0 Å². The molecule has 0 unspecified atom stereocenters. The zero-order valence-electron chi connectivity index (χ0n) is 5.95. The van der Waals surface area contributed by atoms with Gasteiger partial charge in [-0.1, -0.05) is 43.4 Å². The molecule has 0 bridgehead atoms. The van der Waals surface area contributed by atoms with Crippen LogP contribution in [0.4, 0.5) is 0 Å². The summed E-state index contributed by atoms with van der Waals surface area (Å²) in [4.78, 5) is 0. The van der Waals surface area contributed by atoms with Crippen LogP contribution in [0.25, 0.3) is 0 Å². The van der Waals surface area contributed by atoms with Crippen LogP contribution >= 0.6 is 22.6 Å². The van der Waals surface area contributed by atoms with E-state index in [1.165, 1.54) is 12.8 Å². The van der Waals surface area contributed by atoms with Crippen LogP contribution in [0.5, 0.6) is 0 Å². The molecular weight excluding hydrogens is 211 g/mol. The average molecular weight is 226 g/mol. The van der Waals surface area contributed by atoms with E-state index >= 15 is 0 Å². The van der Waals surface area contributed by atoms with Gasteiger partial charge >= 0.3 is 0 Å². The second-order valence-corrected chi connectivity index (χ2v) is 4.88. The van der Waals surface area contributed by atoms with Crippen molar-refractivity contribution >= 4 is 22.6 Å². The highest BCUT2D eigenvalue weighted by molar-refractivity contribution is 14.1. The minimum Gasteiger partial charge on any atom is -0.0829 e. The number of hydrogen-bond donors (Lipinski definition) is 0. The normalized spacial score (nSPS) is 14.6. The van der Waals surface area contributed by atoms with Gasteiger partial charge in [-0.05, 0) is 18.8 Å². The van der Waals surface area contributed by atoms with Gasteiger partial charge in [0.05, 0.1) is 0 Å². The van der Waals surface area contributed by atoms with Gasteiger partial charge in [-0.3, -0.25) is 0 Å². The Bertz CT molecular complexity index is 40.3. The molecule has 8 heavy (non-hydrogen) atoms. The van der Waals surface area contributed by atoms with Gasteiger partial charge in [0.2, 0.25) is 0 Å². The average Bonchev–Trinajstić information content (AvgIpc) is 1.61. The molecule has 1 heteroatoms. The number of alkyl halides is 1. The summed E-state index contributed by atoms with van der Waals surface area (Å²) in [5.74, 6) is 0.882. The van der Waals surface area contributed by atoms with Crippen LogP contribution in [0.1, 0.15) is 33.6 Å². The molecule has 0 aromatic carbocycles. The highest BCUT2D eigenvalue weighted by Gasteiger charge is 1.97. The molecule has 0 amide bonds. The smallest absolute Gasteiger partial charge is 0.00814 e. The summed E-state index contributed by atoms with van der Waals surface area (Å²) in [7, 11) is 0. The zero-order chi connectivity index (χ0) is 6.57. The third-order valence-electron chi connectivity index (χ3n) is 1.14. The molecule has 0 spiro atoms. The predicted molar refractivity (Wildman–Crippen MR) is 47.6 cm³/mol. The van der Waals surface area contributed by atoms with E-state index in [4.69, 9.17) is 0 Å². The first-order valence-corrected chi connectivity index (χ1v) is 4.51. The number of hydrogen-bond acceptors (Lipinski definition) is 0. The van der Waals surface area contributed by atoms with Crippen LogP contribution in [0, 0.1) is 5.92 Å². The van der Waals surface area contributed by atoms with Crippen LogP contribution in [0.15, 0.2) is 0 Å². The van der Waals surface area contributed by atoms with E-state index in [1.54, 1.807) is 0 Å². The predicted octanol–water partition coefficient (Wildman–Crippen LogP) is 3.25. The molecule has 0 radical (unpaired) electrons. The SMILES string of the molecule is CC(C)CC[C@H](C)I. The first-order chi connectivity index (χ1) is 3.63. The summed E-state index contributed by atoms with van der Waals surface area (Å²) in [6.07, 6.45) is 2.75. The summed E-state index contributed by atoms with van der Waals surface area (Å²) >= 11 is 2.48. The molecule has 0 aromatic heterocycles. The second kappa shape index (κ2) is 4.59. The monoisotopic (exact) mass is 226 g/mol. The van der Waals surface area contributed by atoms with Crippen LogP contribution in [0.2, 0.25) is 0 Å². The Morgan fingerprint density at radius 2 is 1.62 bits per heavy atom. The van der Waals surface area contributed by atoms with Crippen molar-refractivity contribution in [2.45, 2.75) is 37.5 Å². The maximum absolute atomic E-state index is 2.48. The fraction of sp³-hybridized carbons (Fsp3) is 1.00. The van der Waals surface area contributed by atoms with E-state index in [0.717, 1.165) is 9.84 Å². The Kier molecular flexibility index (Phi) is 5.01. The Labute approximate surface area is 66.2 Å². The molecule has 0 rings (SSSR count). The van der Waals surface area contributed by atoms with E-state index in [0.29, 0.717) is 0 Å². The van der Waals surface area contributed by atoms with E-state index in [9.17, 15) is 0 Å². The van der Waals surface area contributed by atoms with Crippen LogP contribution in [-0.4, -0.2) is 3.92 Å². The Hall–Kier alpha value is 0.730. The lowest BCUT2D eigenvalue weighted by Crippen LogP contribution is -1.93. The van der Waals surface area contributed by atoms with Crippen molar-refractivity contribution in [2.24, 2.45) is 5.92 Å². The van der Waals surface area contributed by atoms with Crippen molar-refractivity contribution in [3.63, 3.8) is 0 Å². The lowest BCUT2D eigenvalue weighted by molar-refractivity contribution is 0.560. The van der Waals surface area contributed by atoms with Crippen molar-refractivity contribution in [1.29, 1.82) is 0 Å². The van der Waals surface area contributed by atoms with Crippen molar-refractivity contribution in [2.75, 3.05) is 0 Å². The van der Waals surface area contributed by atoms with E-state index < -0.39 is 0 Å². The van der Waals surface area contributed by atoms with Gasteiger partial charge in [-0.25, -0.2) is 0 Å². The molecule has 0 nitrogen and oxygen atoms in total. The summed E-state index contributed by atoms with van der Waals surface area (Å²) in [6.45, 7) is 6.82. The van der Waals surface area contributed by atoms with Gasteiger partial charge in [0.25, 0.3) is 0 Å². The van der Waals surface area contributed by atoms with Crippen LogP contribution in [-0.2, 0) is 0 Å². The van der Waals surface area contributed by atoms with Gasteiger partial charge in [0.15, 0.2) is 0 Å². The van der Waals surface area contributed by atoms with Gasteiger partial charge < -0.3 is 0 Å². The van der Waals surface area contributed by atoms with Crippen LogP contribution in [0.3, 0.4) is 0 Å². The van der Waals surface area contributed by atoms with Crippen molar-refractivity contribution in [3.8, 4) is 0 Å². The van der Waals surface area contributed by atoms with Crippen molar-refractivity contribution < 1.29 is 0 Å². The standard InChI is InChI=1S/C7H15I/c1-6(2)4-5-7(3)8/h6-7H,4-5H2,1-3H3/t7-/m0/s1. The van der Waals surface area contributed by atoms with Gasteiger partial charge in [-0.15, -0.1) is 0 Å². The van der Waals surface area contributed by atoms with Gasteiger partial charge in [-0.2, -0.15) is 0 Å². The number of halogens is 1. The maximum atomic E-state index is 2.48. The lowest BCUT2D eigenvalue weighted by Gasteiger charge is -2.04. The molecule has 0 saturated carbocycles. The first-order valence-electron chi connectivity index (χ1n) is 3.27. The third kappa shape index (κ3) is 6.73. The first kappa shape index (κ1) is 8.73. The molecule has 0 aliphatic carbocycles. The Morgan fingerprint density at radius 1 is 1.12 bits per heavy atom. The summed E-state index contributed by atoms with van der Waals surface area (Å²) in [5, 5.41) is 0. The Balaban J connectivity index is 2.93. The quantitative estimate of drug-likeness (QED) is 0.511. The molecule has 0 aliphatic rings. The highest BCUT2D eigenvalue weighted by Crippen LogP contribution is 2.11. The fourth-order valence-corrected chi connectivity index (χ4v) is 0.923. The molecule has 1 atom stereocenters. The largest absolute Gasteiger partial charge is 0.0829 e. The number of rotatable bonds is 3. The maximum Gasteiger partial charge on any atom is 0.00814 e. The molecule has 0 aromatic rings. The third-order valence-corrected chi connectivity index (χ3v) is 1.76. The highest BCUT2D eigenvalue weighted by atomic mass is 127. The minimum absolute atomic E-state index is 0.856. The summed E-state index contributed by atoms with van der Waals surface area (Å²) < 4.78 is 0.856. The van der Waals surface area contributed by atoms with E-state index in [2.05, 4.69) is 43.4 Å². The molecule has 0 aliphatic heterocycles. The zero-order valence-corrected chi connectivity index (χ0v) is 8.10. The minimum atomic E-state index is 0.856. The van der Waals surface area contributed by atoms with Crippen LogP contribution < -0.4 is 0 Å². The van der Waals surface area contributed by atoms with Gasteiger partial charge in [0.1, 0.15) is 0 Å². The fourth-order valence-electron chi connectivity index (χ4n) is 0.563. The Morgan fingerprint density at radius 3 is 1.75 bits per heavy atom. The van der Waals surface area contributed by atoms with E-state index in [-0.39, 0.29) is 0 Å². The van der Waals surface area contributed by atoms with E-state index in [1.807, 2.05) is 0 Å². The van der Waals surface area contributed by atoms with Crippen molar-refractivity contribution in [3.05, 3.63) is 0 Å². The lowest BCUT2D eigenvalue weighted by atomic mass is 10.1. The second-order valence-electron chi connectivity index (χ2n) is 2.75. The molecule has 0 heterocycles.